The van der Waals surface area contributed by atoms with Crippen molar-refractivity contribution in [2.45, 2.75) is 20.5 Å². The van der Waals surface area contributed by atoms with Crippen LogP contribution in [0.25, 0.3) is 0 Å². The van der Waals surface area contributed by atoms with Crippen LogP contribution >= 0.6 is 23.2 Å². The highest BCUT2D eigenvalue weighted by Crippen LogP contribution is 2.30. The third-order valence-electron chi connectivity index (χ3n) is 3.80. The van der Waals surface area contributed by atoms with Gasteiger partial charge in [-0.1, -0.05) is 52.1 Å². The monoisotopic (exact) mass is 390 g/mol. The number of carbonyl (C=O) groups is 1. The number of rotatable bonds is 5. The molecule has 3 aromatic rings. The fraction of sp³-hybridized carbons (Fsp3) is 0.158. The van der Waals surface area contributed by atoms with E-state index < -0.39 is 5.91 Å². The van der Waals surface area contributed by atoms with Crippen molar-refractivity contribution in [3.63, 3.8) is 0 Å². The molecule has 0 unspecified atom stereocenters. The van der Waals surface area contributed by atoms with Crippen LogP contribution in [0.3, 0.4) is 0 Å². The van der Waals surface area contributed by atoms with Crippen LogP contribution in [0.4, 0.5) is 5.69 Å². The molecule has 2 aromatic carbocycles. The Hall–Kier alpha value is -2.50. The van der Waals surface area contributed by atoms with E-state index in [0.29, 0.717) is 27.8 Å². The third-order valence-corrected chi connectivity index (χ3v) is 4.62. The number of ether oxygens (including phenoxy) is 1. The van der Waals surface area contributed by atoms with Crippen molar-refractivity contribution in [2.24, 2.45) is 0 Å². The fourth-order valence-corrected chi connectivity index (χ4v) is 2.66. The maximum absolute atomic E-state index is 12.6. The van der Waals surface area contributed by atoms with Gasteiger partial charge in [0.2, 0.25) is 0 Å². The van der Waals surface area contributed by atoms with E-state index in [9.17, 15) is 4.79 Å². The van der Waals surface area contributed by atoms with Crippen LogP contribution in [-0.4, -0.2) is 11.1 Å². The van der Waals surface area contributed by atoms with Gasteiger partial charge in [-0.05, 0) is 38.1 Å². The van der Waals surface area contributed by atoms with Crippen molar-refractivity contribution in [2.75, 3.05) is 5.32 Å². The molecule has 0 saturated carbocycles. The minimum absolute atomic E-state index is 0.144. The Labute approximate surface area is 160 Å². The van der Waals surface area contributed by atoms with Crippen molar-refractivity contribution in [3.05, 3.63) is 75.1 Å². The van der Waals surface area contributed by atoms with Crippen LogP contribution in [0.1, 0.15) is 27.4 Å². The summed E-state index contributed by atoms with van der Waals surface area (Å²) in [6.07, 6.45) is 0. The minimum Gasteiger partial charge on any atom is -0.489 e. The second kappa shape index (κ2) is 7.81. The molecule has 1 N–H and O–H groups in total. The topological polar surface area (TPSA) is 64.4 Å². The smallest absolute Gasteiger partial charge is 0.278 e. The van der Waals surface area contributed by atoms with Gasteiger partial charge in [0.15, 0.2) is 5.69 Å². The Bertz CT molecular complexity index is 936. The van der Waals surface area contributed by atoms with Crippen LogP contribution in [0.2, 0.25) is 10.0 Å². The van der Waals surface area contributed by atoms with Crippen LogP contribution in [-0.2, 0) is 6.61 Å². The Morgan fingerprint density at radius 1 is 1.15 bits per heavy atom. The van der Waals surface area contributed by atoms with Crippen molar-refractivity contribution >= 4 is 34.8 Å². The van der Waals surface area contributed by atoms with Gasteiger partial charge >= 0.3 is 0 Å². The van der Waals surface area contributed by atoms with E-state index in [4.69, 9.17) is 32.5 Å². The van der Waals surface area contributed by atoms with Gasteiger partial charge in [0, 0.05) is 0 Å². The number of aromatic nitrogens is 1. The Balaban J connectivity index is 1.77. The molecule has 134 valence electrons. The number of hydrogen-bond acceptors (Lipinski definition) is 4. The molecule has 0 radical (unpaired) electrons. The lowest BCUT2D eigenvalue weighted by Gasteiger charge is -2.09. The molecular weight excluding hydrogens is 375 g/mol. The molecule has 0 atom stereocenters. The molecular formula is C19H16Cl2N2O3. The molecule has 0 fully saturated rings. The number of aryl methyl sites for hydroxylation is 2. The van der Waals surface area contributed by atoms with E-state index >= 15 is 0 Å². The van der Waals surface area contributed by atoms with Crippen LogP contribution < -0.4 is 10.1 Å². The quantitative estimate of drug-likeness (QED) is 0.630. The molecule has 26 heavy (non-hydrogen) atoms. The molecule has 0 saturated heterocycles. The number of carbonyl (C=O) groups excluding carboxylic acids is 1. The predicted octanol–water partition coefficient (Wildman–Crippen LogP) is 5.43. The minimum atomic E-state index is -0.450. The van der Waals surface area contributed by atoms with Gasteiger partial charge in [-0.15, -0.1) is 0 Å². The van der Waals surface area contributed by atoms with Gasteiger partial charge in [-0.25, -0.2) is 0 Å². The zero-order valence-electron chi connectivity index (χ0n) is 14.2. The highest BCUT2D eigenvalue weighted by molar-refractivity contribution is 6.44. The van der Waals surface area contributed by atoms with Gasteiger partial charge in [-0.2, -0.15) is 0 Å². The summed E-state index contributed by atoms with van der Waals surface area (Å²) in [5.74, 6) is 0.758. The van der Waals surface area contributed by atoms with E-state index in [2.05, 4.69) is 10.5 Å². The van der Waals surface area contributed by atoms with Crippen molar-refractivity contribution in [1.29, 1.82) is 0 Å². The second-order valence-corrected chi connectivity index (χ2v) is 6.51. The average molecular weight is 391 g/mol. The Morgan fingerprint density at radius 3 is 2.62 bits per heavy atom. The van der Waals surface area contributed by atoms with Crippen LogP contribution in [0, 0.1) is 13.8 Å². The molecule has 7 heteroatoms. The highest BCUT2D eigenvalue weighted by atomic mass is 35.5. The SMILES string of the molecule is Cc1ccc(OCc2c(C(=O)Nc3cccc(Cl)c3Cl)noc2C)cc1. The molecule has 0 spiro atoms. The van der Waals surface area contributed by atoms with E-state index in [1.165, 1.54) is 0 Å². The number of benzene rings is 2. The second-order valence-electron chi connectivity index (χ2n) is 5.72. The molecule has 0 bridgehead atoms. The zero-order chi connectivity index (χ0) is 18.7. The zero-order valence-corrected chi connectivity index (χ0v) is 15.7. The summed E-state index contributed by atoms with van der Waals surface area (Å²) in [6.45, 7) is 3.88. The van der Waals surface area contributed by atoms with Gasteiger partial charge in [0.1, 0.15) is 18.1 Å². The van der Waals surface area contributed by atoms with E-state index in [-0.39, 0.29) is 17.3 Å². The molecule has 1 aromatic heterocycles. The van der Waals surface area contributed by atoms with Crippen LogP contribution in [0.5, 0.6) is 5.75 Å². The molecule has 0 aliphatic carbocycles. The number of nitrogens with zero attached hydrogens (tertiary/aromatic N) is 1. The summed E-state index contributed by atoms with van der Waals surface area (Å²) in [5.41, 5.74) is 2.25. The standard InChI is InChI=1S/C19H16Cl2N2O3/c1-11-6-8-13(9-7-11)25-10-14-12(2)26-23-18(14)19(24)22-16-5-3-4-15(20)17(16)21/h3-9H,10H2,1-2H3,(H,22,24). The molecule has 0 aliphatic heterocycles. The molecule has 3 rings (SSSR count). The first-order valence-corrected chi connectivity index (χ1v) is 8.61. The summed E-state index contributed by atoms with van der Waals surface area (Å²) in [4.78, 5) is 12.6. The van der Waals surface area contributed by atoms with E-state index in [1.807, 2.05) is 31.2 Å². The summed E-state index contributed by atoms with van der Waals surface area (Å²) < 4.78 is 10.9. The summed E-state index contributed by atoms with van der Waals surface area (Å²) in [5, 5.41) is 7.16. The lowest BCUT2D eigenvalue weighted by molar-refractivity contribution is 0.101. The van der Waals surface area contributed by atoms with Gasteiger partial charge in [0.05, 0.1) is 21.3 Å². The number of anilines is 1. The largest absolute Gasteiger partial charge is 0.489 e. The molecule has 0 aliphatic rings. The molecule has 1 heterocycles. The van der Waals surface area contributed by atoms with Crippen molar-refractivity contribution in [1.82, 2.24) is 5.16 Å². The average Bonchev–Trinajstić information content (AvgIpc) is 2.99. The maximum atomic E-state index is 12.6. The van der Waals surface area contributed by atoms with Crippen LogP contribution in [0.15, 0.2) is 47.0 Å². The van der Waals surface area contributed by atoms with E-state index in [1.54, 1.807) is 25.1 Å². The number of halogens is 2. The third kappa shape index (κ3) is 4.00. The van der Waals surface area contributed by atoms with Gasteiger partial charge < -0.3 is 14.6 Å². The van der Waals surface area contributed by atoms with E-state index in [0.717, 1.165) is 5.56 Å². The van der Waals surface area contributed by atoms with Gasteiger partial charge in [0.25, 0.3) is 5.91 Å². The number of amides is 1. The first kappa shape index (κ1) is 18.3. The maximum Gasteiger partial charge on any atom is 0.278 e. The first-order valence-electron chi connectivity index (χ1n) is 7.85. The first-order chi connectivity index (χ1) is 12.5. The van der Waals surface area contributed by atoms with Gasteiger partial charge in [-0.3, -0.25) is 4.79 Å². The lowest BCUT2D eigenvalue weighted by Crippen LogP contribution is -2.15. The predicted molar refractivity (Wildman–Crippen MR) is 101 cm³/mol. The summed E-state index contributed by atoms with van der Waals surface area (Å²) in [7, 11) is 0. The lowest BCUT2D eigenvalue weighted by atomic mass is 10.2. The highest BCUT2D eigenvalue weighted by Gasteiger charge is 2.21. The van der Waals surface area contributed by atoms with Crippen molar-refractivity contribution < 1.29 is 14.1 Å². The molecule has 1 amide bonds. The fourth-order valence-electron chi connectivity index (χ4n) is 2.31. The number of hydrogen-bond donors (Lipinski definition) is 1. The molecule has 5 nitrogen and oxygen atoms in total. The van der Waals surface area contributed by atoms with Crippen molar-refractivity contribution in [3.8, 4) is 5.75 Å². The number of nitrogens with one attached hydrogen (secondary N) is 1. The Kier molecular flexibility index (Phi) is 5.49. The summed E-state index contributed by atoms with van der Waals surface area (Å²) >= 11 is 12.1. The normalized spacial score (nSPS) is 10.6. The summed E-state index contributed by atoms with van der Waals surface area (Å²) in [6, 6.07) is 12.6. The Morgan fingerprint density at radius 2 is 1.88 bits per heavy atom.